The van der Waals surface area contributed by atoms with E-state index >= 15 is 0 Å². The van der Waals surface area contributed by atoms with Crippen LogP contribution in [0.15, 0.2) is 4.79 Å². The van der Waals surface area contributed by atoms with Gasteiger partial charge in [-0.1, -0.05) is 19.3 Å². The van der Waals surface area contributed by atoms with Gasteiger partial charge in [0.1, 0.15) is 5.82 Å². The van der Waals surface area contributed by atoms with Crippen LogP contribution in [0.4, 0.5) is 0 Å². The van der Waals surface area contributed by atoms with Crippen molar-refractivity contribution in [3.05, 3.63) is 27.4 Å². The Morgan fingerprint density at radius 3 is 2.54 bits per heavy atom. The van der Waals surface area contributed by atoms with E-state index in [1.807, 2.05) is 4.90 Å². The lowest BCUT2D eigenvalue weighted by Gasteiger charge is -2.38. The minimum atomic E-state index is -0.158. The summed E-state index contributed by atoms with van der Waals surface area (Å²) in [5.74, 6) is 0.945. The number of nitrogens with one attached hydrogen (secondary N) is 1. The van der Waals surface area contributed by atoms with Gasteiger partial charge in [-0.15, -0.1) is 0 Å². The second-order valence-corrected chi connectivity index (χ2v) is 8.45. The summed E-state index contributed by atoms with van der Waals surface area (Å²) in [6.07, 6.45) is 8.83. The van der Waals surface area contributed by atoms with Gasteiger partial charge >= 0.3 is 0 Å². The maximum absolute atomic E-state index is 13.2. The van der Waals surface area contributed by atoms with Crippen LogP contribution in [0.3, 0.4) is 0 Å². The third-order valence-corrected chi connectivity index (χ3v) is 6.59. The molecule has 0 radical (unpaired) electrons. The average molecular weight is 386 g/mol. The first-order valence-electron chi connectivity index (χ1n) is 10.7. The molecule has 152 valence electrons. The topological polar surface area (TPSA) is 86.4 Å². The van der Waals surface area contributed by atoms with E-state index in [1.165, 1.54) is 6.42 Å². The summed E-state index contributed by atoms with van der Waals surface area (Å²) >= 11 is 0. The number of carbonyl (C=O) groups is 2. The summed E-state index contributed by atoms with van der Waals surface area (Å²) < 4.78 is 0. The molecule has 4 rings (SSSR count). The number of hydrogen-bond acceptors (Lipinski definition) is 4. The van der Waals surface area contributed by atoms with Crippen molar-refractivity contribution >= 4 is 11.8 Å². The molecular weight excluding hydrogens is 356 g/mol. The molecule has 7 nitrogen and oxygen atoms in total. The van der Waals surface area contributed by atoms with E-state index < -0.39 is 0 Å². The highest BCUT2D eigenvalue weighted by molar-refractivity contribution is 5.79. The van der Waals surface area contributed by atoms with Gasteiger partial charge < -0.3 is 14.8 Å². The molecule has 7 heteroatoms. The van der Waals surface area contributed by atoms with Crippen molar-refractivity contribution < 1.29 is 9.59 Å². The molecular formula is C21H30N4O3. The highest BCUT2D eigenvalue weighted by Gasteiger charge is 2.35. The van der Waals surface area contributed by atoms with E-state index in [4.69, 9.17) is 4.98 Å². The lowest BCUT2D eigenvalue weighted by atomic mass is 9.87. The molecule has 1 N–H and O–H groups in total. The van der Waals surface area contributed by atoms with Crippen molar-refractivity contribution in [3.63, 3.8) is 0 Å². The molecule has 3 aliphatic rings. The SMILES string of the molecule is CC(=O)N1CCc2c(nc([C@H]3CCCCN3C(=O)C3CCCCC3)[nH]c2=O)C1. The van der Waals surface area contributed by atoms with E-state index in [0.717, 1.165) is 51.5 Å². The van der Waals surface area contributed by atoms with Gasteiger partial charge in [0.15, 0.2) is 0 Å². The van der Waals surface area contributed by atoms with Gasteiger partial charge in [-0.25, -0.2) is 4.98 Å². The highest BCUT2D eigenvalue weighted by atomic mass is 16.2. The third kappa shape index (κ3) is 3.71. The zero-order valence-electron chi connectivity index (χ0n) is 16.7. The Hall–Kier alpha value is -2.18. The van der Waals surface area contributed by atoms with Crippen molar-refractivity contribution in [1.82, 2.24) is 19.8 Å². The fraction of sp³-hybridized carbons (Fsp3) is 0.714. The first-order chi connectivity index (χ1) is 13.5. The van der Waals surface area contributed by atoms with E-state index in [1.54, 1.807) is 11.8 Å². The molecule has 0 aromatic carbocycles. The standard InChI is InChI=1S/C21H30N4O3/c1-14(26)24-12-10-16-17(13-24)22-19(23-20(16)27)18-9-5-6-11-25(18)21(28)15-7-3-2-4-8-15/h15,18H,2-13H2,1H3,(H,22,23,27)/t18-/m1/s1. The number of fused-ring (bicyclic) bond motifs is 1. The van der Waals surface area contributed by atoms with E-state index in [-0.39, 0.29) is 29.3 Å². The fourth-order valence-electron chi connectivity index (χ4n) is 4.95. The largest absolute Gasteiger partial charge is 0.337 e. The molecule has 3 heterocycles. The van der Waals surface area contributed by atoms with Crippen LogP contribution in [-0.2, 0) is 22.6 Å². The summed E-state index contributed by atoms with van der Waals surface area (Å²) in [4.78, 5) is 49.1. The summed E-state index contributed by atoms with van der Waals surface area (Å²) in [6, 6.07) is -0.158. The Kier molecular flexibility index (Phi) is 5.51. The van der Waals surface area contributed by atoms with Gasteiger partial charge in [0.2, 0.25) is 11.8 Å². The molecule has 28 heavy (non-hydrogen) atoms. The summed E-state index contributed by atoms with van der Waals surface area (Å²) in [6.45, 7) is 3.22. The predicted molar refractivity (Wildman–Crippen MR) is 105 cm³/mol. The normalized spacial score (nSPS) is 23.4. The number of rotatable bonds is 2. The van der Waals surface area contributed by atoms with Crippen LogP contribution in [0.5, 0.6) is 0 Å². The predicted octanol–water partition coefficient (Wildman–Crippen LogP) is 2.31. The molecule has 1 atom stereocenters. The summed E-state index contributed by atoms with van der Waals surface area (Å²) in [5.41, 5.74) is 1.26. The minimum absolute atomic E-state index is 0.000973. The van der Waals surface area contributed by atoms with Crippen LogP contribution < -0.4 is 5.56 Å². The second kappa shape index (κ2) is 8.05. The minimum Gasteiger partial charge on any atom is -0.337 e. The van der Waals surface area contributed by atoms with Gasteiger partial charge in [0.25, 0.3) is 5.56 Å². The first-order valence-corrected chi connectivity index (χ1v) is 10.7. The van der Waals surface area contributed by atoms with Crippen LogP contribution in [0.1, 0.15) is 81.4 Å². The number of nitrogens with zero attached hydrogens (tertiary/aromatic N) is 3. The number of aromatic amines is 1. The Morgan fingerprint density at radius 1 is 1.04 bits per heavy atom. The smallest absolute Gasteiger partial charge is 0.254 e. The molecule has 1 saturated carbocycles. The molecule has 1 aliphatic carbocycles. The lowest BCUT2D eigenvalue weighted by Crippen LogP contribution is -2.44. The molecule has 0 spiro atoms. The second-order valence-electron chi connectivity index (χ2n) is 8.45. The van der Waals surface area contributed by atoms with E-state index in [2.05, 4.69) is 4.98 Å². The highest BCUT2D eigenvalue weighted by Crippen LogP contribution is 2.33. The van der Waals surface area contributed by atoms with Gasteiger partial charge in [0.05, 0.1) is 18.3 Å². The Balaban J connectivity index is 1.62. The Morgan fingerprint density at radius 2 is 1.79 bits per heavy atom. The van der Waals surface area contributed by atoms with E-state index in [9.17, 15) is 14.4 Å². The maximum Gasteiger partial charge on any atom is 0.254 e. The number of hydrogen-bond donors (Lipinski definition) is 1. The first kappa shape index (κ1) is 19.2. The molecule has 0 bridgehead atoms. The zero-order chi connectivity index (χ0) is 19.7. The van der Waals surface area contributed by atoms with Crippen molar-refractivity contribution in [2.45, 2.75) is 77.3 Å². The third-order valence-electron chi connectivity index (χ3n) is 6.59. The number of H-pyrrole nitrogens is 1. The van der Waals surface area contributed by atoms with Gasteiger partial charge in [-0.05, 0) is 38.5 Å². The van der Waals surface area contributed by atoms with Crippen molar-refractivity contribution in [1.29, 1.82) is 0 Å². The molecule has 1 aromatic heterocycles. The van der Waals surface area contributed by atoms with Gasteiger partial charge in [-0.2, -0.15) is 0 Å². The summed E-state index contributed by atoms with van der Waals surface area (Å²) in [7, 11) is 0. The zero-order valence-corrected chi connectivity index (χ0v) is 16.7. The number of amides is 2. The van der Waals surface area contributed by atoms with Crippen LogP contribution in [0.2, 0.25) is 0 Å². The monoisotopic (exact) mass is 386 g/mol. The van der Waals surface area contributed by atoms with Gasteiger partial charge in [0, 0.05) is 31.5 Å². The quantitative estimate of drug-likeness (QED) is 0.845. The van der Waals surface area contributed by atoms with Crippen molar-refractivity contribution in [3.8, 4) is 0 Å². The molecule has 2 amide bonds. The Labute approximate surface area is 165 Å². The van der Waals surface area contributed by atoms with Crippen LogP contribution in [-0.4, -0.2) is 44.7 Å². The number of piperidine rings is 1. The average Bonchev–Trinajstić information content (AvgIpc) is 2.73. The van der Waals surface area contributed by atoms with Crippen molar-refractivity contribution in [2.24, 2.45) is 5.92 Å². The number of aromatic nitrogens is 2. The van der Waals surface area contributed by atoms with Gasteiger partial charge in [-0.3, -0.25) is 14.4 Å². The molecule has 0 unspecified atom stereocenters. The van der Waals surface area contributed by atoms with Crippen LogP contribution >= 0.6 is 0 Å². The Bertz CT molecular complexity index is 812. The number of carbonyl (C=O) groups excluding carboxylic acids is 2. The summed E-state index contributed by atoms with van der Waals surface area (Å²) in [5, 5.41) is 0. The van der Waals surface area contributed by atoms with E-state index in [0.29, 0.717) is 36.6 Å². The fourth-order valence-corrected chi connectivity index (χ4v) is 4.95. The molecule has 1 saturated heterocycles. The molecule has 2 fully saturated rings. The van der Waals surface area contributed by atoms with Crippen molar-refractivity contribution in [2.75, 3.05) is 13.1 Å². The molecule has 1 aromatic rings. The molecule has 2 aliphatic heterocycles. The lowest BCUT2D eigenvalue weighted by molar-refractivity contribution is -0.140. The number of likely N-dealkylation sites (tertiary alicyclic amines) is 1. The maximum atomic E-state index is 13.2. The van der Waals surface area contributed by atoms with Crippen LogP contribution in [0, 0.1) is 5.92 Å². The van der Waals surface area contributed by atoms with Crippen LogP contribution in [0.25, 0.3) is 0 Å².